The van der Waals surface area contributed by atoms with Crippen molar-refractivity contribution in [1.29, 1.82) is 0 Å². The topological polar surface area (TPSA) is 89.1 Å². The molecule has 0 unspecified atom stereocenters. The Hall–Kier alpha value is -2.73. The molecule has 0 radical (unpaired) electrons. The second-order valence-corrected chi connectivity index (χ2v) is 12.3. The number of Topliss-reactive ketones (excluding diaryl/α,β-unsaturated/α-hetero) is 1. The molecule has 1 N–H and O–H groups in total. The number of rotatable bonds is 12. The molecule has 3 aromatic rings. The fourth-order valence-electron chi connectivity index (χ4n) is 5.77. The normalized spacial score (nSPS) is 18.4. The second kappa shape index (κ2) is 14.0. The van der Waals surface area contributed by atoms with Crippen LogP contribution in [-0.4, -0.2) is 78.5 Å². The Bertz CT molecular complexity index is 1290. The molecule has 9 nitrogen and oxygen atoms in total. The van der Waals surface area contributed by atoms with Crippen molar-refractivity contribution in [1.82, 2.24) is 19.2 Å². The van der Waals surface area contributed by atoms with E-state index in [0.29, 0.717) is 35.4 Å². The summed E-state index contributed by atoms with van der Waals surface area (Å²) in [5, 5.41) is 4.42. The lowest BCUT2D eigenvalue weighted by Gasteiger charge is -2.30. The lowest BCUT2D eigenvalue weighted by atomic mass is 9.88. The minimum Gasteiger partial charge on any atom is -0.493 e. The van der Waals surface area contributed by atoms with Gasteiger partial charge in [0.25, 0.3) is 0 Å². The molecule has 2 aromatic carbocycles. The highest BCUT2D eigenvalue weighted by molar-refractivity contribution is 9.10. The number of piperidine rings is 1. The lowest BCUT2D eigenvalue weighted by Crippen LogP contribution is -2.36. The van der Waals surface area contributed by atoms with E-state index < -0.39 is 0 Å². The fourth-order valence-corrected chi connectivity index (χ4v) is 6.62. The number of hydrogen-bond acceptors (Lipinski definition) is 10. The van der Waals surface area contributed by atoms with Crippen molar-refractivity contribution < 1.29 is 19.0 Å². The maximum Gasteiger partial charge on any atom is 0.203 e. The second-order valence-electron chi connectivity index (χ2n) is 10.6. The lowest BCUT2D eigenvalue weighted by molar-refractivity contribution is 0.0832. The van der Waals surface area contributed by atoms with E-state index in [2.05, 4.69) is 59.7 Å². The number of carbonyl (C=O) groups is 1. The van der Waals surface area contributed by atoms with Gasteiger partial charge in [-0.15, -0.1) is 0 Å². The summed E-state index contributed by atoms with van der Waals surface area (Å²) in [6.07, 6.45) is 4.00. The predicted molar refractivity (Wildman–Crippen MR) is 164 cm³/mol. The first kappa shape index (κ1) is 29.8. The number of ketones is 1. The van der Waals surface area contributed by atoms with Crippen LogP contribution in [0.25, 0.3) is 0 Å². The summed E-state index contributed by atoms with van der Waals surface area (Å²) in [4.78, 5) is 23.0. The average Bonchev–Trinajstić information content (AvgIpc) is 3.65. The van der Waals surface area contributed by atoms with Crippen molar-refractivity contribution >= 4 is 38.4 Å². The third kappa shape index (κ3) is 7.38. The Morgan fingerprint density at radius 1 is 1.00 bits per heavy atom. The van der Waals surface area contributed by atoms with Gasteiger partial charge in [0.05, 0.1) is 27.9 Å². The number of hydrogen-bond donors (Lipinski definition) is 1. The van der Waals surface area contributed by atoms with Crippen molar-refractivity contribution in [2.24, 2.45) is 5.92 Å². The van der Waals surface area contributed by atoms with Gasteiger partial charge in [-0.1, -0.05) is 28.1 Å². The molecule has 1 aromatic heterocycles. The fraction of sp³-hybridized carbons (Fsp3) is 0.500. The molecule has 2 fully saturated rings. The smallest absolute Gasteiger partial charge is 0.203 e. The van der Waals surface area contributed by atoms with E-state index in [9.17, 15) is 4.79 Å². The quantitative estimate of drug-likeness (QED) is 0.257. The number of ether oxygens (including phenoxy) is 3. The molecule has 11 heteroatoms. The first-order valence-electron chi connectivity index (χ1n) is 14.1. The molecule has 41 heavy (non-hydrogen) atoms. The SMILES string of the molecule is COc1cc(C(=O)C2CCN(Cc3nsc(NC[C@@H]4CCCN4Cc4ccc(Br)cc4)n3)CC2)cc(OC)c1OC. The van der Waals surface area contributed by atoms with E-state index >= 15 is 0 Å². The number of nitrogens with one attached hydrogen (secondary N) is 1. The first-order chi connectivity index (χ1) is 20.0. The van der Waals surface area contributed by atoms with Gasteiger partial charge in [-0.2, -0.15) is 4.37 Å². The predicted octanol–water partition coefficient (Wildman–Crippen LogP) is 5.50. The van der Waals surface area contributed by atoms with Gasteiger partial charge < -0.3 is 19.5 Å². The molecule has 3 heterocycles. The minimum absolute atomic E-state index is 0.0403. The van der Waals surface area contributed by atoms with E-state index in [1.54, 1.807) is 33.5 Å². The van der Waals surface area contributed by atoms with Crippen LogP contribution in [0, 0.1) is 5.92 Å². The van der Waals surface area contributed by atoms with E-state index in [1.807, 2.05) is 0 Å². The summed E-state index contributed by atoms with van der Waals surface area (Å²) in [5.74, 6) is 2.40. The number of methoxy groups -OCH3 is 3. The van der Waals surface area contributed by atoms with Gasteiger partial charge in [-0.25, -0.2) is 4.98 Å². The van der Waals surface area contributed by atoms with Gasteiger partial charge in [-0.05, 0) is 75.1 Å². The summed E-state index contributed by atoms with van der Waals surface area (Å²) in [6.45, 7) is 5.33. The molecule has 0 bridgehead atoms. The monoisotopic (exact) mass is 643 g/mol. The standard InChI is InChI=1S/C30H38BrN5O4S/c1-38-25-15-22(16-26(39-2)29(25)40-3)28(37)21-10-13-35(14-11-21)19-27-33-30(41-34-27)32-17-24-5-4-12-36(24)18-20-6-8-23(31)9-7-20/h6-9,15-16,21,24H,4-5,10-14,17-19H2,1-3H3,(H,32,33,34)/t24-/m0/s1. The minimum atomic E-state index is -0.0403. The van der Waals surface area contributed by atoms with Crippen LogP contribution in [-0.2, 0) is 13.1 Å². The third-order valence-corrected chi connectivity index (χ3v) is 9.27. The van der Waals surface area contributed by atoms with Crippen molar-refractivity contribution in [2.75, 3.05) is 52.8 Å². The van der Waals surface area contributed by atoms with E-state index in [1.165, 1.54) is 29.9 Å². The molecule has 0 amide bonds. The maximum atomic E-state index is 13.3. The largest absolute Gasteiger partial charge is 0.493 e. The molecule has 0 spiro atoms. The average molecular weight is 645 g/mol. The Morgan fingerprint density at radius 3 is 2.37 bits per heavy atom. The van der Waals surface area contributed by atoms with Gasteiger partial charge in [0, 0.05) is 46.6 Å². The zero-order valence-electron chi connectivity index (χ0n) is 23.9. The Morgan fingerprint density at radius 2 is 1.71 bits per heavy atom. The number of anilines is 1. The molecule has 0 saturated carbocycles. The summed E-state index contributed by atoms with van der Waals surface area (Å²) in [7, 11) is 4.68. The third-order valence-electron chi connectivity index (χ3n) is 8.03. The van der Waals surface area contributed by atoms with Crippen LogP contribution in [0.2, 0.25) is 0 Å². The summed E-state index contributed by atoms with van der Waals surface area (Å²) in [5.41, 5.74) is 1.93. The van der Waals surface area contributed by atoms with E-state index in [-0.39, 0.29) is 11.7 Å². The van der Waals surface area contributed by atoms with Crippen molar-refractivity contribution in [3.05, 3.63) is 57.8 Å². The van der Waals surface area contributed by atoms with Crippen molar-refractivity contribution in [2.45, 2.75) is 44.8 Å². The van der Waals surface area contributed by atoms with Crippen molar-refractivity contribution in [3.63, 3.8) is 0 Å². The number of benzene rings is 2. The number of halogens is 1. The first-order valence-corrected chi connectivity index (χ1v) is 15.7. The number of aromatic nitrogens is 2. The highest BCUT2D eigenvalue weighted by Gasteiger charge is 2.29. The van der Waals surface area contributed by atoms with Crippen LogP contribution in [0.1, 0.15) is 47.4 Å². The van der Waals surface area contributed by atoms with Crippen LogP contribution < -0.4 is 19.5 Å². The Balaban J connectivity index is 1.09. The van der Waals surface area contributed by atoms with Crippen molar-refractivity contribution in [3.8, 4) is 17.2 Å². The van der Waals surface area contributed by atoms with Crippen LogP contribution in [0.5, 0.6) is 17.2 Å². The number of carbonyl (C=O) groups excluding carboxylic acids is 1. The van der Waals surface area contributed by atoms with E-state index in [0.717, 1.165) is 61.0 Å². The van der Waals surface area contributed by atoms with Gasteiger partial charge >= 0.3 is 0 Å². The zero-order chi connectivity index (χ0) is 28.8. The molecular formula is C30H38BrN5O4S. The molecule has 1 atom stereocenters. The van der Waals surface area contributed by atoms with E-state index in [4.69, 9.17) is 19.2 Å². The molecule has 220 valence electrons. The van der Waals surface area contributed by atoms with Crippen LogP contribution in [0.15, 0.2) is 40.9 Å². The highest BCUT2D eigenvalue weighted by atomic mass is 79.9. The van der Waals surface area contributed by atoms with Gasteiger partial charge in [-0.3, -0.25) is 14.6 Å². The van der Waals surface area contributed by atoms with Crippen LogP contribution >= 0.6 is 27.5 Å². The molecular weight excluding hydrogens is 606 g/mol. The van der Waals surface area contributed by atoms with Gasteiger partial charge in [0.2, 0.25) is 10.9 Å². The molecule has 2 saturated heterocycles. The number of nitrogens with zero attached hydrogens (tertiary/aromatic N) is 4. The summed E-state index contributed by atoms with van der Waals surface area (Å²) >= 11 is 4.95. The highest BCUT2D eigenvalue weighted by Crippen LogP contribution is 2.39. The molecule has 2 aliphatic heterocycles. The van der Waals surface area contributed by atoms with Crippen LogP contribution in [0.3, 0.4) is 0 Å². The summed E-state index contributed by atoms with van der Waals surface area (Å²) < 4.78 is 22.0. The summed E-state index contributed by atoms with van der Waals surface area (Å²) in [6, 6.07) is 12.6. The van der Waals surface area contributed by atoms with Gasteiger partial charge in [0.15, 0.2) is 23.1 Å². The Kier molecular flexibility index (Phi) is 10.1. The molecule has 0 aliphatic carbocycles. The Labute approximate surface area is 254 Å². The zero-order valence-corrected chi connectivity index (χ0v) is 26.3. The number of likely N-dealkylation sites (tertiary alicyclic amines) is 2. The molecule has 2 aliphatic rings. The van der Waals surface area contributed by atoms with Gasteiger partial charge in [0.1, 0.15) is 0 Å². The molecule has 5 rings (SSSR count). The van der Waals surface area contributed by atoms with Crippen LogP contribution in [0.4, 0.5) is 5.13 Å². The maximum absolute atomic E-state index is 13.3.